The molecule has 0 fully saturated rings. The molecule has 0 aliphatic rings. The lowest BCUT2D eigenvalue weighted by Crippen LogP contribution is -2.23. The van der Waals surface area contributed by atoms with E-state index in [0.29, 0.717) is 24.7 Å². The van der Waals surface area contributed by atoms with Gasteiger partial charge in [-0.05, 0) is 67.6 Å². The molecule has 0 amide bonds. The van der Waals surface area contributed by atoms with Crippen LogP contribution in [0.5, 0.6) is 0 Å². The average molecular weight is 539 g/mol. The molecule has 9 heteroatoms. The lowest BCUT2D eigenvalue weighted by atomic mass is 9.83. The number of hydrogen-bond donors (Lipinski definition) is 5. The molecule has 9 nitrogen and oxygen atoms in total. The first-order valence-electron chi connectivity index (χ1n) is 13.4. The molecule has 0 radical (unpaired) electrons. The molecular formula is C29H54N4O5. The zero-order valence-electron chi connectivity index (χ0n) is 24.7. The van der Waals surface area contributed by atoms with Crippen molar-refractivity contribution in [2.75, 3.05) is 26.3 Å². The number of aliphatic hydroxyl groups is 2. The van der Waals surface area contributed by atoms with E-state index < -0.39 is 0 Å². The lowest BCUT2D eigenvalue weighted by molar-refractivity contribution is 0.160. The molecule has 2 rings (SSSR count). The van der Waals surface area contributed by atoms with Gasteiger partial charge in [-0.15, -0.1) is 0 Å². The maximum absolute atomic E-state index is 11.4. The second-order valence-corrected chi connectivity index (χ2v) is 11.0. The Morgan fingerprint density at radius 1 is 0.947 bits per heavy atom. The highest BCUT2D eigenvalue weighted by molar-refractivity contribution is 5.16. The number of aryl methyl sites for hydroxylation is 2. The molecule has 0 aliphatic carbocycles. The maximum atomic E-state index is 11.4. The minimum atomic E-state index is -0.344. The van der Waals surface area contributed by atoms with Crippen molar-refractivity contribution >= 4 is 0 Å². The van der Waals surface area contributed by atoms with Crippen LogP contribution in [0.2, 0.25) is 0 Å². The van der Waals surface area contributed by atoms with E-state index in [2.05, 4.69) is 41.5 Å². The van der Waals surface area contributed by atoms with Crippen LogP contribution in [0.1, 0.15) is 72.1 Å². The SMILES string of the molecule is CC(C)CCCn1ccccc1=O.Cc1cc(CC(C)CC(C)(C)C)n(O)c(=O)c1.NCCO.NCCO. The molecule has 0 spiro atoms. The number of aromatic nitrogens is 2. The normalized spacial score (nSPS) is 11.4. The van der Waals surface area contributed by atoms with E-state index in [9.17, 15) is 14.8 Å². The molecular weight excluding hydrogens is 484 g/mol. The summed E-state index contributed by atoms with van der Waals surface area (Å²) >= 11 is 0. The Morgan fingerprint density at radius 3 is 1.95 bits per heavy atom. The van der Waals surface area contributed by atoms with Gasteiger partial charge in [0.25, 0.3) is 5.56 Å². The van der Waals surface area contributed by atoms with E-state index in [-0.39, 0.29) is 29.7 Å². The van der Waals surface area contributed by atoms with Crippen LogP contribution in [0.4, 0.5) is 0 Å². The summed E-state index contributed by atoms with van der Waals surface area (Å²) in [5, 5.41) is 25.2. The van der Waals surface area contributed by atoms with Gasteiger partial charge < -0.3 is 31.5 Å². The summed E-state index contributed by atoms with van der Waals surface area (Å²) in [7, 11) is 0. The highest BCUT2D eigenvalue weighted by Gasteiger charge is 2.17. The van der Waals surface area contributed by atoms with Crippen LogP contribution >= 0.6 is 0 Å². The van der Waals surface area contributed by atoms with Crippen molar-refractivity contribution in [3.63, 3.8) is 0 Å². The molecule has 2 heterocycles. The van der Waals surface area contributed by atoms with Crippen molar-refractivity contribution < 1.29 is 15.4 Å². The average Bonchev–Trinajstić information content (AvgIpc) is 2.83. The Kier molecular flexibility index (Phi) is 21.3. The van der Waals surface area contributed by atoms with Crippen LogP contribution in [0.15, 0.2) is 46.1 Å². The summed E-state index contributed by atoms with van der Waals surface area (Å²) in [6.07, 6.45) is 5.91. The second-order valence-electron chi connectivity index (χ2n) is 11.0. The fraction of sp³-hybridized carbons (Fsp3) is 0.655. The molecule has 0 saturated carbocycles. The van der Waals surface area contributed by atoms with Crippen LogP contribution in [-0.4, -0.2) is 51.0 Å². The standard InChI is InChI=1S/C14H23NO2.C11H17NO.2C2H7NO/c1-10-6-12(15(17)13(16)8-10)7-11(2)9-14(3,4)5;1-10(2)6-5-9-12-8-4-3-7-11(12)13;2*3-1-2-4/h6,8,11,17H,7,9H2,1-5H3;3-4,7-8,10H,5-6,9H2,1-2H3;2*4H,1-3H2. The van der Waals surface area contributed by atoms with Gasteiger partial charge in [-0.2, -0.15) is 4.73 Å². The molecule has 7 N–H and O–H groups in total. The van der Waals surface area contributed by atoms with Crippen LogP contribution in [0.3, 0.4) is 0 Å². The van der Waals surface area contributed by atoms with Gasteiger partial charge in [0.05, 0.1) is 18.9 Å². The smallest absolute Gasteiger partial charge is 0.283 e. The van der Waals surface area contributed by atoms with E-state index in [1.54, 1.807) is 16.7 Å². The third-order valence-electron chi connectivity index (χ3n) is 5.08. The molecule has 1 atom stereocenters. The monoisotopic (exact) mass is 538 g/mol. The van der Waals surface area contributed by atoms with Crippen molar-refractivity contribution in [2.45, 2.75) is 80.7 Å². The number of aliphatic hydroxyl groups excluding tert-OH is 2. The highest BCUT2D eigenvalue weighted by atomic mass is 16.5. The molecule has 0 aromatic carbocycles. The lowest BCUT2D eigenvalue weighted by Gasteiger charge is -2.23. The van der Waals surface area contributed by atoms with Crippen LogP contribution in [-0.2, 0) is 13.0 Å². The second kappa shape index (κ2) is 21.5. The molecule has 0 bridgehead atoms. The Labute approximate surface area is 229 Å². The molecule has 2 aromatic rings. The Bertz CT molecular complexity index is 956. The largest absolute Gasteiger partial charge is 0.425 e. The predicted molar refractivity (Wildman–Crippen MR) is 157 cm³/mol. The van der Waals surface area contributed by atoms with Gasteiger partial charge in [0.1, 0.15) is 0 Å². The minimum absolute atomic E-state index is 0.0972. The first kappa shape index (κ1) is 37.7. The number of hydrogen-bond acceptors (Lipinski definition) is 7. The molecule has 1 unspecified atom stereocenters. The van der Waals surface area contributed by atoms with Gasteiger partial charge in [-0.25, -0.2) is 0 Å². The van der Waals surface area contributed by atoms with E-state index >= 15 is 0 Å². The van der Waals surface area contributed by atoms with Gasteiger partial charge in [0.2, 0.25) is 5.56 Å². The number of nitrogens with two attached hydrogens (primary N) is 2. The van der Waals surface area contributed by atoms with Crippen molar-refractivity contribution in [3.8, 4) is 0 Å². The first-order valence-corrected chi connectivity index (χ1v) is 13.4. The van der Waals surface area contributed by atoms with Crippen molar-refractivity contribution in [2.24, 2.45) is 28.7 Å². The van der Waals surface area contributed by atoms with E-state index in [4.69, 9.17) is 21.7 Å². The van der Waals surface area contributed by atoms with Crippen molar-refractivity contribution in [1.82, 2.24) is 9.30 Å². The summed E-state index contributed by atoms with van der Waals surface area (Å²) in [5.41, 5.74) is 11.2. The highest BCUT2D eigenvalue weighted by Crippen LogP contribution is 2.26. The topological polar surface area (TPSA) is 157 Å². The Balaban J connectivity index is 0. The molecule has 0 aliphatic heterocycles. The maximum Gasteiger partial charge on any atom is 0.283 e. The third kappa shape index (κ3) is 20.6. The van der Waals surface area contributed by atoms with Crippen LogP contribution in [0, 0.1) is 24.2 Å². The van der Waals surface area contributed by atoms with Gasteiger partial charge in [-0.1, -0.05) is 47.6 Å². The van der Waals surface area contributed by atoms with Gasteiger partial charge in [0.15, 0.2) is 0 Å². The zero-order valence-corrected chi connectivity index (χ0v) is 24.7. The molecule has 38 heavy (non-hydrogen) atoms. The molecule has 2 aromatic heterocycles. The predicted octanol–water partition coefficient (Wildman–Crippen LogP) is 3.17. The van der Waals surface area contributed by atoms with Gasteiger partial charge >= 0.3 is 0 Å². The van der Waals surface area contributed by atoms with Crippen LogP contribution in [0.25, 0.3) is 0 Å². The fourth-order valence-electron chi connectivity index (χ4n) is 3.70. The molecule has 0 saturated heterocycles. The van der Waals surface area contributed by atoms with E-state index in [1.165, 1.54) is 12.5 Å². The zero-order chi connectivity index (χ0) is 29.7. The Morgan fingerprint density at radius 2 is 1.50 bits per heavy atom. The van der Waals surface area contributed by atoms with E-state index in [0.717, 1.165) is 42.0 Å². The third-order valence-corrected chi connectivity index (χ3v) is 5.08. The fourth-order valence-corrected chi connectivity index (χ4v) is 3.70. The molecule has 220 valence electrons. The summed E-state index contributed by atoms with van der Waals surface area (Å²) in [5.74, 6) is 1.16. The summed E-state index contributed by atoms with van der Waals surface area (Å²) < 4.78 is 2.54. The van der Waals surface area contributed by atoms with Gasteiger partial charge in [-0.3, -0.25) is 9.59 Å². The summed E-state index contributed by atoms with van der Waals surface area (Å²) in [4.78, 5) is 22.7. The number of nitrogens with zero attached hydrogens (tertiary/aromatic N) is 2. The van der Waals surface area contributed by atoms with E-state index in [1.807, 2.05) is 25.3 Å². The summed E-state index contributed by atoms with van der Waals surface area (Å²) in [6.45, 7) is 16.8. The van der Waals surface area contributed by atoms with Crippen LogP contribution < -0.4 is 22.6 Å². The first-order chi connectivity index (χ1) is 17.7. The summed E-state index contributed by atoms with van der Waals surface area (Å²) in [6, 6.07) is 8.60. The number of pyridine rings is 2. The number of rotatable bonds is 9. The Hall–Kier alpha value is -2.46. The van der Waals surface area contributed by atoms with Crippen molar-refractivity contribution in [1.29, 1.82) is 0 Å². The van der Waals surface area contributed by atoms with Gasteiger partial charge in [0, 0.05) is 38.0 Å². The minimum Gasteiger partial charge on any atom is -0.425 e. The quantitative estimate of drug-likeness (QED) is 0.307. The van der Waals surface area contributed by atoms with Crippen molar-refractivity contribution in [3.05, 3.63) is 68.5 Å².